The lowest BCUT2D eigenvalue weighted by atomic mass is 10.1. The molecule has 3 nitrogen and oxygen atoms in total. The molecule has 88 valence electrons. The van der Waals surface area contributed by atoms with Crippen LogP contribution in [0.5, 0.6) is 5.75 Å². The van der Waals surface area contributed by atoms with Crippen LogP contribution in [0.4, 0.5) is 4.39 Å². The Balaban J connectivity index is 2.94. The number of aromatic hydroxyl groups is 1. The lowest BCUT2D eigenvalue weighted by molar-refractivity contribution is 0.0759. The van der Waals surface area contributed by atoms with Gasteiger partial charge in [0.1, 0.15) is 11.6 Å². The molecule has 0 bridgehead atoms. The van der Waals surface area contributed by atoms with Gasteiger partial charge in [-0.3, -0.25) is 4.79 Å². The van der Waals surface area contributed by atoms with Crippen LogP contribution in [0.2, 0.25) is 0 Å². The number of benzene rings is 1. The Kier molecular flexibility index (Phi) is 4.28. The summed E-state index contributed by atoms with van der Waals surface area (Å²) in [6.07, 6.45) is 0.833. The predicted octanol–water partition coefficient (Wildman–Crippen LogP) is 2.40. The monoisotopic (exact) mass is 225 g/mol. The summed E-state index contributed by atoms with van der Waals surface area (Å²) in [5.74, 6) is -1.19. The van der Waals surface area contributed by atoms with Crippen molar-refractivity contribution >= 4 is 5.91 Å². The van der Waals surface area contributed by atoms with E-state index < -0.39 is 5.82 Å². The van der Waals surface area contributed by atoms with Gasteiger partial charge in [-0.25, -0.2) is 4.39 Å². The molecule has 0 atom stereocenters. The summed E-state index contributed by atoms with van der Waals surface area (Å²) in [6, 6.07) is 3.58. The fourth-order valence-corrected chi connectivity index (χ4v) is 1.52. The molecule has 1 aromatic rings. The molecule has 0 unspecified atom stereocenters. The van der Waals surface area contributed by atoms with E-state index in [4.69, 9.17) is 5.11 Å². The zero-order valence-corrected chi connectivity index (χ0v) is 9.53. The van der Waals surface area contributed by atoms with Gasteiger partial charge in [-0.05, 0) is 25.5 Å². The molecular formula is C12H16FNO2. The first-order valence-corrected chi connectivity index (χ1v) is 5.38. The minimum absolute atomic E-state index is 0.00750. The van der Waals surface area contributed by atoms with Gasteiger partial charge < -0.3 is 10.0 Å². The summed E-state index contributed by atoms with van der Waals surface area (Å²) in [5, 5.41) is 9.05. The van der Waals surface area contributed by atoms with Crippen LogP contribution in [-0.4, -0.2) is 29.0 Å². The average Bonchev–Trinajstić information content (AvgIpc) is 2.25. The zero-order valence-electron chi connectivity index (χ0n) is 9.53. The standard InChI is InChI=1S/C12H16FNO2/c1-3-7-14(4-2)12(16)10-6-5-9(15)8-11(10)13/h5-6,8,15H,3-4,7H2,1-2H3. The molecule has 0 saturated heterocycles. The fourth-order valence-electron chi connectivity index (χ4n) is 1.52. The van der Waals surface area contributed by atoms with Crippen LogP contribution in [0, 0.1) is 5.82 Å². The van der Waals surface area contributed by atoms with Crippen LogP contribution in [0.3, 0.4) is 0 Å². The van der Waals surface area contributed by atoms with E-state index in [9.17, 15) is 9.18 Å². The van der Waals surface area contributed by atoms with Gasteiger partial charge in [-0.2, -0.15) is 0 Å². The Morgan fingerprint density at radius 2 is 2.12 bits per heavy atom. The van der Waals surface area contributed by atoms with Gasteiger partial charge in [0.05, 0.1) is 5.56 Å². The summed E-state index contributed by atoms with van der Waals surface area (Å²) >= 11 is 0. The molecule has 16 heavy (non-hydrogen) atoms. The van der Waals surface area contributed by atoms with E-state index >= 15 is 0 Å². The van der Waals surface area contributed by atoms with Crippen molar-refractivity contribution in [3.8, 4) is 5.75 Å². The summed E-state index contributed by atoms with van der Waals surface area (Å²) in [7, 11) is 0. The SMILES string of the molecule is CCCN(CC)C(=O)c1ccc(O)cc1F. The number of carbonyl (C=O) groups is 1. The maximum atomic E-state index is 13.4. The largest absolute Gasteiger partial charge is 0.508 e. The smallest absolute Gasteiger partial charge is 0.256 e. The number of carbonyl (C=O) groups excluding carboxylic acids is 1. The fraction of sp³-hybridized carbons (Fsp3) is 0.417. The van der Waals surface area contributed by atoms with Gasteiger partial charge in [0.25, 0.3) is 5.91 Å². The molecule has 0 aliphatic heterocycles. The number of nitrogens with zero attached hydrogens (tertiary/aromatic N) is 1. The Morgan fingerprint density at radius 3 is 2.62 bits per heavy atom. The molecule has 0 heterocycles. The third-order valence-electron chi connectivity index (χ3n) is 2.35. The van der Waals surface area contributed by atoms with E-state index in [1.807, 2.05) is 13.8 Å². The molecule has 0 fully saturated rings. The topological polar surface area (TPSA) is 40.5 Å². The number of phenols is 1. The number of hydrogen-bond donors (Lipinski definition) is 1. The molecule has 0 aliphatic rings. The molecule has 0 saturated carbocycles. The van der Waals surface area contributed by atoms with Gasteiger partial charge in [-0.1, -0.05) is 6.92 Å². The molecule has 4 heteroatoms. The molecular weight excluding hydrogens is 209 g/mol. The van der Waals surface area contributed by atoms with E-state index in [1.54, 1.807) is 4.90 Å². The number of hydrogen-bond acceptors (Lipinski definition) is 2. The van der Waals surface area contributed by atoms with Gasteiger partial charge >= 0.3 is 0 Å². The molecule has 1 rings (SSSR count). The lowest BCUT2D eigenvalue weighted by Gasteiger charge is -2.20. The van der Waals surface area contributed by atoms with Gasteiger partial charge in [0.15, 0.2) is 0 Å². The third kappa shape index (κ3) is 2.72. The van der Waals surface area contributed by atoms with Crippen LogP contribution in [-0.2, 0) is 0 Å². The quantitative estimate of drug-likeness (QED) is 0.854. The van der Waals surface area contributed by atoms with Gasteiger partial charge in [0.2, 0.25) is 0 Å². The van der Waals surface area contributed by atoms with E-state index in [0.717, 1.165) is 12.5 Å². The maximum absolute atomic E-state index is 13.4. The Labute approximate surface area is 94.5 Å². The molecule has 1 N–H and O–H groups in total. The first kappa shape index (κ1) is 12.5. The van der Waals surface area contributed by atoms with Crippen molar-refractivity contribution in [1.82, 2.24) is 4.90 Å². The molecule has 0 radical (unpaired) electrons. The first-order chi connectivity index (χ1) is 7.60. The summed E-state index contributed by atoms with van der Waals surface area (Å²) in [4.78, 5) is 13.5. The second kappa shape index (κ2) is 5.49. The van der Waals surface area contributed by atoms with E-state index in [0.29, 0.717) is 13.1 Å². The molecule has 1 aromatic carbocycles. The summed E-state index contributed by atoms with van der Waals surface area (Å²) < 4.78 is 13.4. The highest BCUT2D eigenvalue weighted by Gasteiger charge is 2.17. The van der Waals surface area contributed by atoms with Crippen LogP contribution in [0.1, 0.15) is 30.6 Å². The van der Waals surface area contributed by atoms with Crippen LogP contribution < -0.4 is 0 Å². The van der Waals surface area contributed by atoms with Gasteiger partial charge in [-0.15, -0.1) is 0 Å². The van der Waals surface area contributed by atoms with Crippen molar-refractivity contribution in [2.75, 3.05) is 13.1 Å². The third-order valence-corrected chi connectivity index (χ3v) is 2.35. The number of rotatable bonds is 4. The van der Waals surface area contributed by atoms with Crippen molar-refractivity contribution < 1.29 is 14.3 Å². The minimum atomic E-state index is -0.681. The van der Waals surface area contributed by atoms with Crippen molar-refractivity contribution in [2.24, 2.45) is 0 Å². The number of amides is 1. The Morgan fingerprint density at radius 1 is 1.44 bits per heavy atom. The molecule has 0 aromatic heterocycles. The van der Waals surface area contributed by atoms with Crippen molar-refractivity contribution in [2.45, 2.75) is 20.3 Å². The van der Waals surface area contributed by atoms with E-state index in [1.165, 1.54) is 12.1 Å². The van der Waals surface area contributed by atoms with Crippen molar-refractivity contribution in [3.63, 3.8) is 0 Å². The van der Waals surface area contributed by atoms with Crippen molar-refractivity contribution in [3.05, 3.63) is 29.6 Å². The Bertz CT molecular complexity index is 379. The normalized spacial score (nSPS) is 10.2. The highest BCUT2D eigenvalue weighted by atomic mass is 19.1. The van der Waals surface area contributed by atoms with E-state index in [-0.39, 0.29) is 17.2 Å². The summed E-state index contributed by atoms with van der Waals surface area (Å²) in [6.45, 7) is 4.97. The second-order valence-electron chi connectivity index (χ2n) is 3.55. The summed E-state index contributed by atoms with van der Waals surface area (Å²) in [5.41, 5.74) is 0.00750. The van der Waals surface area contributed by atoms with Gasteiger partial charge in [0, 0.05) is 19.2 Å². The first-order valence-electron chi connectivity index (χ1n) is 5.38. The predicted molar refractivity (Wildman–Crippen MR) is 59.9 cm³/mol. The highest BCUT2D eigenvalue weighted by Crippen LogP contribution is 2.16. The van der Waals surface area contributed by atoms with Crippen molar-refractivity contribution in [1.29, 1.82) is 0 Å². The molecule has 1 amide bonds. The highest BCUT2D eigenvalue weighted by molar-refractivity contribution is 5.94. The van der Waals surface area contributed by atoms with Crippen LogP contribution in [0.25, 0.3) is 0 Å². The maximum Gasteiger partial charge on any atom is 0.256 e. The Hall–Kier alpha value is -1.58. The number of phenolic OH excluding ortho intramolecular Hbond substituents is 1. The zero-order chi connectivity index (χ0) is 12.1. The lowest BCUT2D eigenvalue weighted by Crippen LogP contribution is -2.32. The minimum Gasteiger partial charge on any atom is -0.508 e. The van der Waals surface area contributed by atoms with Crippen LogP contribution >= 0.6 is 0 Å². The molecule has 0 spiro atoms. The second-order valence-corrected chi connectivity index (χ2v) is 3.55. The molecule has 0 aliphatic carbocycles. The average molecular weight is 225 g/mol. The van der Waals surface area contributed by atoms with Crippen LogP contribution in [0.15, 0.2) is 18.2 Å². The number of halogens is 1. The van der Waals surface area contributed by atoms with E-state index in [2.05, 4.69) is 0 Å².